The number of likely N-dealkylation sites (tertiary alicyclic amines) is 1. The normalized spacial score (nSPS) is 19.6. The molecule has 1 heterocycles. The van der Waals surface area contributed by atoms with E-state index in [0.29, 0.717) is 25.6 Å². The summed E-state index contributed by atoms with van der Waals surface area (Å²) in [5.74, 6) is 0.869. The molecule has 0 aromatic carbocycles. The predicted octanol–water partition coefficient (Wildman–Crippen LogP) is 0.903. The molecule has 0 bridgehead atoms. The number of carbonyl (C=O) groups is 1. The molecule has 4 nitrogen and oxygen atoms in total. The van der Waals surface area contributed by atoms with Gasteiger partial charge in [0.05, 0.1) is 13.0 Å². The predicted molar refractivity (Wildman–Crippen MR) is 67.0 cm³/mol. The monoisotopic (exact) mass is 250 g/mol. The first-order valence-electron chi connectivity index (χ1n) is 5.78. The Kier molecular flexibility index (Phi) is 8.61. The second kappa shape index (κ2) is 8.79. The lowest BCUT2D eigenvalue weighted by Crippen LogP contribution is -2.30. The Bertz CT molecular complexity index is 202. The highest BCUT2D eigenvalue weighted by atomic mass is 35.5. The molecule has 0 aromatic rings. The summed E-state index contributed by atoms with van der Waals surface area (Å²) in [6, 6.07) is 0. The zero-order chi connectivity index (χ0) is 11.1. The number of hydrogen-bond donors (Lipinski definition) is 1. The molecule has 0 aromatic heterocycles. The lowest BCUT2D eigenvalue weighted by molar-refractivity contribution is -0.131. The molecular weight excluding hydrogens is 228 g/mol. The van der Waals surface area contributed by atoms with Crippen molar-refractivity contribution in [2.45, 2.75) is 19.8 Å². The van der Waals surface area contributed by atoms with E-state index in [0.717, 1.165) is 26.1 Å². The Labute approximate surface area is 104 Å². The highest BCUT2D eigenvalue weighted by Gasteiger charge is 2.24. The molecule has 1 saturated heterocycles. The molecule has 1 aliphatic rings. The Balaban J connectivity index is 0.00000225. The summed E-state index contributed by atoms with van der Waals surface area (Å²) in [5, 5.41) is 3.16. The van der Waals surface area contributed by atoms with Crippen molar-refractivity contribution in [2.75, 3.05) is 39.9 Å². The zero-order valence-corrected chi connectivity index (χ0v) is 11.0. The Morgan fingerprint density at radius 3 is 2.94 bits per heavy atom. The van der Waals surface area contributed by atoms with Crippen LogP contribution in [0.5, 0.6) is 0 Å². The molecule has 96 valence electrons. The van der Waals surface area contributed by atoms with E-state index in [1.165, 1.54) is 0 Å². The number of amides is 1. The zero-order valence-electron chi connectivity index (χ0n) is 10.2. The van der Waals surface area contributed by atoms with Crippen molar-refractivity contribution >= 4 is 18.3 Å². The van der Waals surface area contributed by atoms with Gasteiger partial charge in [0.25, 0.3) is 0 Å². The van der Waals surface area contributed by atoms with Crippen molar-refractivity contribution in [2.24, 2.45) is 5.92 Å². The van der Waals surface area contributed by atoms with Crippen LogP contribution >= 0.6 is 12.4 Å². The van der Waals surface area contributed by atoms with Crippen LogP contribution in [0.4, 0.5) is 0 Å². The molecule has 1 unspecified atom stereocenters. The second-order valence-electron chi connectivity index (χ2n) is 4.00. The first kappa shape index (κ1) is 15.7. The van der Waals surface area contributed by atoms with Gasteiger partial charge in [0.2, 0.25) is 5.91 Å². The molecule has 1 fully saturated rings. The van der Waals surface area contributed by atoms with Gasteiger partial charge in [-0.05, 0) is 32.9 Å². The summed E-state index contributed by atoms with van der Waals surface area (Å²) in [7, 11) is 1.96. The van der Waals surface area contributed by atoms with Gasteiger partial charge in [-0.25, -0.2) is 0 Å². The maximum atomic E-state index is 11.7. The first-order chi connectivity index (χ1) is 7.27. The molecule has 5 heteroatoms. The van der Waals surface area contributed by atoms with Crippen LogP contribution in [0.3, 0.4) is 0 Å². The van der Waals surface area contributed by atoms with E-state index in [1.54, 1.807) is 0 Å². The minimum atomic E-state index is 0. The van der Waals surface area contributed by atoms with Gasteiger partial charge >= 0.3 is 0 Å². The summed E-state index contributed by atoms with van der Waals surface area (Å²) >= 11 is 0. The van der Waals surface area contributed by atoms with Crippen LogP contribution in [0.25, 0.3) is 0 Å². The molecule has 0 radical (unpaired) electrons. The minimum Gasteiger partial charge on any atom is -0.381 e. The fourth-order valence-corrected chi connectivity index (χ4v) is 1.98. The van der Waals surface area contributed by atoms with Crippen molar-refractivity contribution in [3.8, 4) is 0 Å². The van der Waals surface area contributed by atoms with E-state index < -0.39 is 0 Å². The highest BCUT2D eigenvalue weighted by molar-refractivity contribution is 5.85. The van der Waals surface area contributed by atoms with Crippen LogP contribution in [0.1, 0.15) is 19.8 Å². The number of ether oxygens (including phenoxy) is 1. The molecule has 0 aliphatic carbocycles. The van der Waals surface area contributed by atoms with Gasteiger partial charge in [-0.15, -0.1) is 12.4 Å². The molecule has 1 amide bonds. The van der Waals surface area contributed by atoms with Crippen molar-refractivity contribution in [3.05, 3.63) is 0 Å². The largest absolute Gasteiger partial charge is 0.381 e. The molecule has 0 spiro atoms. The lowest BCUT2D eigenvalue weighted by Gasteiger charge is -2.16. The first-order valence-corrected chi connectivity index (χ1v) is 5.78. The molecule has 0 saturated carbocycles. The smallest absolute Gasteiger partial charge is 0.224 e. The van der Waals surface area contributed by atoms with Crippen LogP contribution in [0, 0.1) is 5.92 Å². The van der Waals surface area contributed by atoms with E-state index in [-0.39, 0.29) is 18.3 Å². The van der Waals surface area contributed by atoms with Gasteiger partial charge < -0.3 is 15.0 Å². The SMILES string of the molecule is CCOCCC(=O)N1CCC(CNC)C1.Cl. The van der Waals surface area contributed by atoms with Crippen molar-refractivity contribution in [1.82, 2.24) is 10.2 Å². The van der Waals surface area contributed by atoms with Crippen LogP contribution in [0.2, 0.25) is 0 Å². The van der Waals surface area contributed by atoms with Crippen molar-refractivity contribution in [3.63, 3.8) is 0 Å². The highest BCUT2D eigenvalue weighted by Crippen LogP contribution is 2.15. The molecule has 1 rings (SSSR count). The Morgan fingerprint density at radius 1 is 1.56 bits per heavy atom. The molecule has 16 heavy (non-hydrogen) atoms. The van der Waals surface area contributed by atoms with E-state index in [4.69, 9.17) is 4.74 Å². The van der Waals surface area contributed by atoms with Crippen LogP contribution in [-0.2, 0) is 9.53 Å². The lowest BCUT2D eigenvalue weighted by atomic mass is 10.1. The van der Waals surface area contributed by atoms with Gasteiger partial charge in [0.15, 0.2) is 0 Å². The quantitative estimate of drug-likeness (QED) is 0.713. The van der Waals surface area contributed by atoms with E-state index >= 15 is 0 Å². The standard InChI is InChI=1S/C11H22N2O2.ClH/c1-3-15-7-5-11(14)13-6-4-10(9-13)8-12-2;/h10,12H,3-9H2,1-2H3;1H. The number of halogens is 1. The maximum absolute atomic E-state index is 11.7. The molecule has 1 aliphatic heterocycles. The van der Waals surface area contributed by atoms with Crippen molar-refractivity contribution in [1.29, 1.82) is 0 Å². The van der Waals surface area contributed by atoms with Gasteiger partial charge in [-0.3, -0.25) is 4.79 Å². The fourth-order valence-electron chi connectivity index (χ4n) is 1.98. The van der Waals surface area contributed by atoms with E-state index in [2.05, 4.69) is 5.32 Å². The summed E-state index contributed by atoms with van der Waals surface area (Å²) in [4.78, 5) is 13.7. The second-order valence-corrected chi connectivity index (χ2v) is 4.00. The van der Waals surface area contributed by atoms with Crippen LogP contribution in [0.15, 0.2) is 0 Å². The maximum Gasteiger partial charge on any atom is 0.224 e. The average Bonchev–Trinajstić information content (AvgIpc) is 2.67. The Hall–Kier alpha value is -0.320. The number of hydrogen-bond acceptors (Lipinski definition) is 3. The summed E-state index contributed by atoms with van der Waals surface area (Å²) < 4.78 is 5.18. The fraction of sp³-hybridized carbons (Fsp3) is 0.909. The van der Waals surface area contributed by atoms with E-state index in [9.17, 15) is 4.79 Å². The summed E-state index contributed by atoms with van der Waals surface area (Å²) in [5.41, 5.74) is 0. The number of nitrogens with one attached hydrogen (secondary N) is 1. The Morgan fingerprint density at radius 2 is 2.31 bits per heavy atom. The van der Waals surface area contributed by atoms with Gasteiger partial charge in [-0.1, -0.05) is 0 Å². The number of nitrogens with zero attached hydrogens (tertiary/aromatic N) is 1. The average molecular weight is 251 g/mol. The number of carbonyl (C=O) groups excluding carboxylic acids is 1. The molecule has 1 atom stereocenters. The minimum absolute atomic E-state index is 0. The third-order valence-corrected chi connectivity index (χ3v) is 2.80. The molecule has 1 N–H and O–H groups in total. The van der Waals surface area contributed by atoms with E-state index in [1.807, 2.05) is 18.9 Å². The molecular formula is C11H23ClN2O2. The third kappa shape index (κ3) is 5.14. The van der Waals surface area contributed by atoms with Gasteiger partial charge in [0.1, 0.15) is 0 Å². The van der Waals surface area contributed by atoms with Crippen molar-refractivity contribution < 1.29 is 9.53 Å². The van der Waals surface area contributed by atoms with Crippen LogP contribution < -0.4 is 5.32 Å². The summed E-state index contributed by atoms with van der Waals surface area (Å²) in [6.07, 6.45) is 1.65. The third-order valence-electron chi connectivity index (χ3n) is 2.80. The van der Waals surface area contributed by atoms with Gasteiger partial charge in [-0.2, -0.15) is 0 Å². The summed E-state index contributed by atoms with van der Waals surface area (Å²) in [6.45, 7) is 6.03. The van der Waals surface area contributed by atoms with Gasteiger partial charge in [0, 0.05) is 19.7 Å². The topological polar surface area (TPSA) is 41.6 Å². The van der Waals surface area contributed by atoms with Crippen LogP contribution in [-0.4, -0.2) is 50.7 Å². The number of rotatable bonds is 6.